The molecule has 3 aromatic heterocycles. The lowest BCUT2D eigenvalue weighted by Crippen LogP contribution is -2.31. The fourth-order valence-electron chi connectivity index (χ4n) is 3.22. The molecule has 0 aromatic carbocycles. The Morgan fingerprint density at radius 1 is 1.24 bits per heavy atom. The van der Waals surface area contributed by atoms with Crippen molar-refractivity contribution in [3.05, 3.63) is 53.9 Å². The molecule has 0 saturated carbocycles. The second kappa shape index (κ2) is 7.02. The predicted molar refractivity (Wildman–Crippen MR) is 91.6 cm³/mol. The van der Waals surface area contributed by atoms with Gasteiger partial charge in [-0.25, -0.2) is 9.97 Å². The molecule has 1 N–H and O–H groups in total. The van der Waals surface area contributed by atoms with Gasteiger partial charge in [-0.15, -0.1) is 0 Å². The molecule has 130 valence electrons. The van der Waals surface area contributed by atoms with Gasteiger partial charge in [-0.05, 0) is 19.1 Å². The van der Waals surface area contributed by atoms with Crippen LogP contribution in [0, 0.1) is 12.8 Å². The number of anilines is 1. The van der Waals surface area contributed by atoms with Crippen LogP contribution in [-0.2, 0) is 19.6 Å². The number of hydrogen-bond acceptors (Lipinski definition) is 7. The summed E-state index contributed by atoms with van der Waals surface area (Å²) in [4.78, 5) is 10.8. The van der Waals surface area contributed by atoms with Crippen molar-refractivity contribution in [2.24, 2.45) is 5.92 Å². The van der Waals surface area contributed by atoms with Gasteiger partial charge in [0.05, 0.1) is 11.4 Å². The van der Waals surface area contributed by atoms with E-state index in [2.05, 4.69) is 41.2 Å². The maximum atomic E-state index is 5.20. The molecule has 0 amide bonds. The third-order valence-corrected chi connectivity index (χ3v) is 4.31. The van der Waals surface area contributed by atoms with Crippen molar-refractivity contribution in [2.75, 3.05) is 18.4 Å². The highest BCUT2D eigenvalue weighted by atomic mass is 16.5. The second-order valence-electron chi connectivity index (χ2n) is 6.42. The van der Waals surface area contributed by atoms with Crippen LogP contribution < -0.4 is 5.32 Å². The van der Waals surface area contributed by atoms with Gasteiger partial charge in [0.1, 0.15) is 5.76 Å². The molecule has 0 radical (unpaired) electrons. The van der Waals surface area contributed by atoms with E-state index >= 15 is 0 Å². The first-order chi connectivity index (χ1) is 12.3. The van der Waals surface area contributed by atoms with Gasteiger partial charge in [-0.1, -0.05) is 5.16 Å². The zero-order valence-corrected chi connectivity index (χ0v) is 14.2. The van der Waals surface area contributed by atoms with E-state index in [1.807, 2.05) is 25.3 Å². The second-order valence-corrected chi connectivity index (χ2v) is 6.42. The first-order valence-corrected chi connectivity index (χ1v) is 8.42. The van der Waals surface area contributed by atoms with E-state index in [0.29, 0.717) is 11.9 Å². The molecular formula is C17H21N7O. The molecule has 0 fully saturated rings. The number of aryl methyl sites for hydroxylation is 1. The summed E-state index contributed by atoms with van der Waals surface area (Å²) < 4.78 is 7.29. The fourth-order valence-corrected chi connectivity index (χ4v) is 3.22. The molecule has 4 rings (SSSR count). The molecule has 1 atom stereocenters. The van der Waals surface area contributed by atoms with Gasteiger partial charge in [0.25, 0.3) is 0 Å². The van der Waals surface area contributed by atoms with Crippen LogP contribution in [0.5, 0.6) is 0 Å². The number of nitrogens with zero attached hydrogens (tertiary/aromatic N) is 6. The molecule has 3 aromatic rings. The van der Waals surface area contributed by atoms with Crippen LogP contribution in [0.2, 0.25) is 0 Å². The van der Waals surface area contributed by atoms with E-state index in [0.717, 1.165) is 44.2 Å². The van der Waals surface area contributed by atoms with Gasteiger partial charge in [0.2, 0.25) is 5.95 Å². The molecule has 4 heterocycles. The highest BCUT2D eigenvalue weighted by Crippen LogP contribution is 2.18. The molecule has 1 aliphatic rings. The molecule has 0 spiro atoms. The Balaban J connectivity index is 1.47. The SMILES string of the molecule is Cc1cc(CN2Cc3ccnn3CC(CNc3ncccn3)C2)no1. The summed E-state index contributed by atoms with van der Waals surface area (Å²) in [5.74, 6) is 1.89. The predicted octanol–water partition coefficient (Wildman–Crippen LogP) is 1.71. The van der Waals surface area contributed by atoms with Gasteiger partial charge < -0.3 is 9.84 Å². The van der Waals surface area contributed by atoms with Crippen LogP contribution >= 0.6 is 0 Å². The normalized spacial score (nSPS) is 17.9. The van der Waals surface area contributed by atoms with Gasteiger partial charge >= 0.3 is 0 Å². The summed E-state index contributed by atoms with van der Waals surface area (Å²) >= 11 is 0. The topological polar surface area (TPSA) is 84.9 Å². The van der Waals surface area contributed by atoms with E-state index in [1.54, 1.807) is 12.4 Å². The minimum Gasteiger partial charge on any atom is -0.361 e. The quantitative estimate of drug-likeness (QED) is 0.757. The summed E-state index contributed by atoms with van der Waals surface area (Å²) in [6.07, 6.45) is 5.35. The largest absolute Gasteiger partial charge is 0.361 e. The van der Waals surface area contributed by atoms with Crippen molar-refractivity contribution in [1.82, 2.24) is 29.8 Å². The van der Waals surface area contributed by atoms with Crippen LogP contribution in [0.25, 0.3) is 0 Å². The summed E-state index contributed by atoms with van der Waals surface area (Å²) in [7, 11) is 0. The average Bonchev–Trinajstić information content (AvgIpc) is 3.19. The van der Waals surface area contributed by atoms with Crippen LogP contribution in [0.1, 0.15) is 17.1 Å². The van der Waals surface area contributed by atoms with Crippen molar-refractivity contribution in [3.8, 4) is 0 Å². The molecule has 25 heavy (non-hydrogen) atoms. The van der Waals surface area contributed by atoms with Crippen molar-refractivity contribution in [2.45, 2.75) is 26.6 Å². The molecule has 0 saturated heterocycles. The Morgan fingerprint density at radius 2 is 2.12 bits per heavy atom. The fraction of sp³-hybridized carbons (Fsp3) is 0.412. The Bertz CT molecular complexity index is 813. The molecule has 1 unspecified atom stereocenters. The van der Waals surface area contributed by atoms with E-state index < -0.39 is 0 Å². The van der Waals surface area contributed by atoms with Crippen molar-refractivity contribution >= 4 is 5.95 Å². The summed E-state index contributed by atoms with van der Waals surface area (Å²) in [6.45, 7) is 6.13. The van der Waals surface area contributed by atoms with Crippen LogP contribution in [-0.4, -0.2) is 42.9 Å². The third-order valence-electron chi connectivity index (χ3n) is 4.31. The smallest absolute Gasteiger partial charge is 0.222 e. The molecule has 0 bridgehead atoms. The van der Waals surface area contributed by atoms with E-state index in [4.69, 9.17) is 4.52 Å². The van der Waals surface area contributed by atoms with Gasteiger partial charge in [-0.2, -0.15) is 5.10 Å². The molecule has 1 aliphatic heterocycles. The zero-order valence-electron chi connectivity index (χ0n) is 14.2. The summed E-state index contributed by atoms with van der Waals surface area (Å²) in [5.41, 5.74) is 2.18. The van der Waals surface area contributed by atoms with Gasteiger partial charge in [-0.3, -0.25) is 9.58 Å². The van der Waals surface area contributed by atoms with E-state index in [1.165, 1.54) is 5.69 Å². The summed E-state index contributed by atoms with van der Waals surface area (Å²) in [6, 6.07) is 5.89. The monoisotopic (exact) mass is 339 g/mol. The molecule has 8 heteroatoms. The maximum absolute atomic E-state index is 5.20. The number of fused-ring (bicyclic) bond motifs is 1. The number of hydrogen-bond donors (Lipinski definition) is 1. The Kier molecular flexibility index (Phi) is 4.43. The van der Waals surface area contributed by atoms with Crippen LogP contribution in [0.15, 0.2) is 41.3 Å². The van der Waals surface area contributed by atoms with E-state index in [9.17, 15) is 0 Å². The lowest BCUT2D eigenvalue weighted by molar-refractivity contribution is 0.219. The molecule has 8 nitrogen and oxygen atoms in total. The average molecular weight is 339 g/mol. The van der Waals surface area contributed by atoms with Gasteiger partial charge in [0.15, 0.2) is 0 Å². The van der Waals surface area contributed by atoms with Gasteiger partial charge in [0, 0.05) is 63.3 Å². The minimum atomic E-state index is 0.387. The Labute approximate surface area is 145 Å². The zero-order chi connectivity index (χ0) is 17.1. The third kappa shape index (κ3) is 3.85. The number of nitrogens with one attached hydrogen (secondary N) is 1. The Hall–Kier alpha value is -2.74. The highest BCUT2D eigenvalue weighted by Gasteiger charge is 2.23. The minimum absolute atomic E-state index is 0.387. The lowest BCUT2D eigenvalue weighted by atomic mass is 10.1. The molecular weight excluding hydrogens is 318 g/mol. The van der Waals surface area contributed by atoms with Crippen molar-refractivity contribution in [3.63, 3.8) is 0 Å². The highest BCUT2D eigenvalue weighted by molar-refractivity contribution is 5.22. The first-order valence-electron chi connectivity index (χ1n) is 8.42. The van der Waals surface area contributed by atoms with Crippen LogP contribution in [0.4, 0.5) is 5.95 Å². The number of aromatic nitrogens is 5. The van der Waals surface area contributed by atoms with Crippen molar-refractivity contribution < 1.29 is 4.52 Å². The van der Waals surface area contributed by atoms with Crippen molar-refractivity contribution in [1.29, 1.82) is 0 Å². The molecule has 0 aliphatic carbocycles. The first kappa shape index (κ1) is 15.8. The van der Waals surface area contributed by atoms with E-state index in [-0.39, 0.29) is 0 Å². The number of rotatable bonds is 5. The standard InChI is InChI=1S/C17H21N7O/c1-13-7-15(22-25-13)11-23-9-14(8-20-17-18-4-2-5-19-17)10-24-16(12-23)3-6-21-24/h2-7,14H,8-12H2,1H3,(H,18,19,20). The Morgan fingerprint density at radius 3 is 2.92 bits per heavy atom. The maximum Gasteiger partial charge on any atom is 0.222 e. The lowest BCUT2D eigenvalue weighted by Gasteiger charge is -2.23. The summed E-state index contributed by atoms with van der Waals surface area (Å²) in [5, 5.41) is 11.9. The van der Waals surface area contributed by atoms with Crippen LogP contribution in [0.3, 0.4) is 0 Å².